The van der Waals surface area contributed by atoms with Gasteiger partial charge in [-0.1, -0.05) is 31.2 Å². The predicted octanol–water partition coefficient (Wildman–Crippen LogP) is 7.46. The monoisotopic (exact) mass is 456 g/mol. The molecule has 0 saturated carbocycles. The number of hydrogen-bond donors (Lipinski definition) is 0. The van der Waals surface area contributed by atoms with Crippen LogP contribution in [0.4, 0.5) is 30.7 Å². The third kappa shape index (κ3) is 5.60. The van der Waals surface area contributed by atoms with Crippen molar-refractivity contribution in [2.45, 2.75) is 38.5 Å². The van der Waals surface area contributed by atoms with Gasteiger partial charge in [0, 0.05) is 0 Å². The zero-order chi connectivity index (χ0) is 23.5. The zero-order valence-electron chi connectivity index (χ0n) is 16.9. The van der Waals surface area contributed by atoms with E-state index in [1.807, 2.05) is 6.92 Å². The van der Waals surface area contributed by atoms with Gasteiger partial charge < -0.3 is 4.74 Å². The molecule has 0 fully saturated rings. The molecule has 3 aromatic rings. The van der Waals surface area contributed by atoms with Crippen LogP contribution in [0.3, 0.4) is 0 Å². The van der Waals surface area contributed by atoms with Crippen molar-refractivity contribution in [3.63, 3.8) is 0 Å². The molecule has 0 spiro atoms. The van der Waals surface area contributed by atoms with E-state index in [-0.39, 0.29) is 29.7 Å². The van der Waals surface area contributed by atoms with Crippen LogP contribution in [0.1, 0.15) is 34.7 Å². The minimum Gasteiger partial charge on any atom is -0.429 e. The summed E-state index contributed by atoms with van der Waals surface area (Å²) in [6.07, 6.45) is -7.64. The first-order chi connectivity index (χ1) is 15.0. The molecule has 170 valence electrons. The largest absolute Gasteiger partial charge is 0.429 e. The van der Waals surface area contributed by atoms with Crippen molar-refractivity contribution in [3.8, 4) is 5.75 Å². The molecule has 0 heterocycles. The Morgan fingerprint density at radius 3 is 1.69 bits per heavy atom. The van der Waals surface area contributed by atoms with E-state index in [1.54, 1.807) is 12.1 Å². The van der Waals surface area contributed by atoms with Gasteiger partial charge in [-0.25, -0.2) is 8.78 Å². The van der Waals surface area contributed by atoms with E-state index in [2.05, 4.69) is 0 Å². The normalized spacial score (nSPS) is 12.1. The number of benzene rings is 3. The molecule has 1 nitrogen and oxygen atoms in total. The maximum atomic E-state index is 14.4. The minimum absolute atomic E-state index is 0.0513. The molecule has 3 aromatic carbocycles. The molecule has 3 rings (SSSR count). The van der Waals surface area contributed by atoms with Crippen LogP contribution in [0.15, 0.2) is 60.7 Å². The lowest BCUT2D eigenvalue weighted by atomic mass is 10.0. The standard InChI is InChI=1S/C24H19F7O/c1-2-15-5-9-18(10-6-15)24(30,31)32-19-11-7-16(8-12-19)3-4-17-13-20(25)22(21(26)14-17)23(27,28)29/h5-14H,2-4H2,1H3. The second-order valence-corrected chi connectivity index (χ2v) is 7.25. The van der Waals surface area contributed by atoms with Crippen molar-refractivity contribution < 1.29 is 35.5 Å². The Bertz CT molecular complexity index is 1030. The van der Waals surface area contributed by atoms with E-state index < -0.39 is 29.5 Å². The first kappa shape index (κ1) is 23.6. The first-order valence-electron chi connectivity index (χ1n) is 9.80. The molecular formula is C24H19F7O. The molecule has 0 radical (unpaired) electrons. The maximum absolute atomic E-state index is 14.4. The van der Waals surface area contributed by atoms with Gasteiger partial charge in [-0.2, -0.15) is 22.0 Å². The Kier molecular flexibility index (Phi) is 6.81. The lowest BCUT2D eigenvalue weighted by molar-refractivity contribution is -0.185. The molecule has 0 N–H and O–H groups in total. The molecule has 0 saturated heterocycles. The molecule has 0 aliphatic rings. The van der Waals surface area contributed by atoms with Gasteiger partial charge in [0.15, 0.2) is 0 Å². The number of hydrogen-bond acceptors (Lipinski definition) is 1. The van der Waals surface area contributed by atoms with Gasteiger partial charge in [-0.05, 0) is 72.4 Å². The fourth-order valence-corrected chi connectivity index (χ4v) is 3.20. The topological polar surface area (TPSA) is 9.23 Å². The number of halogens is 7. The van der Waals surface area contributed by atoms with Crippen molar-refractivity contribution in [1.29, 1.82) is 0 Å². The SMILES string of the molecule is CCc1ccc(C(F)(F)Oc2ccc(CCc3cc(F)c(C(F)(F)F)c(F)c3)cc2)cc1. The third-order valence-corrected chi connectivity index (χ3v) is 4.96. The van der Waals surface area contributed by atoms with Crippen LogP contribution in [0.5, 0.6) is 5.75 Å². The van der Waals surface area contributed by atoms with Crippen molar-refractivity contribution >= 4 is 0 Å². The van der Waals surface area contributed by atoms with Gasteiger partial charge >= 0.3 is 12.3 Å². The quantitative estimate of drug-likeness (QED) is 0.335. The molecule has 0 aliphatic carbocycles. The maximum Gasteiger partial charge on any atom is 0.426 e. The van der Waals surface area contributed by atoms with Crippen LogP contribution in [-0.4, -0.2) is 0 Å². The van der Waals surface area contributed by atoms with Crippen LogP contribution in [0.2, 0.25) is 0 Å². The summed E-state index contributed by atoms with van der Waals surface area (Å²) in [6, 6.07) is 12.8. The average molecular weight is 456 g/mol. The van der Waals surface area contributed by atoms with Crippen LogP contribution in [-0.2, 0) is 31.5 Å². The zero-order valence-corrected chi connectivity index (χ0v) is 16.9. The summed E-state index contributed by atoms with van der Waals surface area (Å²) in [5, 5.41) is 0. The molecule has 0 unspecified atom stereocenters. The Morgan fingerprint density at radius 2 is 1.19 bits per heavy atom. The van der Waals surface area contributed by atoms with Crippen molar-refractivity contribution in [1.82, 2.24) is 0 Å². The van der Waals surface area contributed by atoms with Crippen LogP contribution >= 0.6 is 0 Å². The molecule has 32 heavy (non-hydrogen) atoms. The van der Waals surface area contributed by atoms with Crippen molar-refractivity contribution in [2.24, 2.45) is 0 Å². The van der Waals surface area contributed by atoms with Crippen LogP contribution in [0, 0.1) is 11.6 Å². The highest BCUT2D eigenvalue weighted by Crippen LogP contribution is 2.34. The van der Waals surface area contributed by atoms with E-state index in [4.69, 9.17) is 4.74 Å². The van der Waals surface area contributed by atoms with Gasteiger partial charge in [-0.3, -0.25) is 0 Å². The summed E-state index contributed by atoms with van der Waals surface area (Å²) in [4.78, 5) is 0. The third-order valence-electron chi connectivity index (χ3n) is 4.96. The van der Waals surface area contributed by atoms with Gasteiger partial charge in [0.1, 0.15) is 22.9 Å². The van der Waals surface area contributed by atoms with Gasteiger partial charge in [0.2, 0.25) is 0 Å². The van der Waals surface area contributed by atoms with E-state index in [0.29, 0.717) is 17.7 Å². The highest BCUT2D eigenvalue weighted by molar-refractivity contribution is 5.32. The van der Waals surface area contributed by atoms with Gasteiger partial charge in [0.25, 0.3) is 0 Å². The predicted molar refractivity (Wildman–Crippen MR) is 106 cm³/mol. The second-order valence-electron chi connectivity index (χ2n) is 7.25. The summed E-state index contributed by atoms with van der Waals surface area (Å²) in [5.74, 6) is -3.43. The number of aryl methyl sites for hydroxylation is 3. The van der Waals surface area contributed by atoms with E-state index >= 15 is 0 Å². The molecule has 0 atom stereocenters. The molecule has 0 amide bonds. The number of ether oxygens (including phenoxy) is 1. The average Bonchev–Trinajstić information content (AvgIpc) is 2.71. The van der Waals surface area contributed by atoms with Crippen LogP contribution < -0.4 is 4.74 Å². The van der Waals surface area contributed by atoms with Crippen molar-refractivity contribution in [3.05, 3.63) is 100 Å². The Hall–Kier alpha value is -3.03. The first-order valence-corrected chi connectivity index (χ1v) is 9.80. The highest BCUT2D eigenvalue weighted by Gasteiger charge is 2.38. The van der Waals surface area contributed by atoms with Crippen LogP contribution in [0.25, 0.3) is 0 Å². The van der Waals surface area contributed by atoms with E-state index in [1.165, 1.54) is 36.4 Å². The second kappa shape index (κ2) is 9.22. The summed E-state index contributed by atoms with van der Waals surface area (Å²) >= 11 is 0. The van der Waals surface area contributed by atoms with E-state index in [0.717, 1.165) is 12.0 Å². The van der Waals surface area contributed by atoms with E-state index in [9.17, 15) is 30.7 Å². The fourth-order valence-electron chi connectivity index (χ4n) is 3.20. The molecule has 8 heteroatoms. The fraction of sp³-hybridized carbons (Fsp3) is 0.250. The van der Waals surface area contributed by atoms with Gasteiger partial charge in [0.05, 0.1) is 5.56 Å². The number of rotatable bonds is 7. The molecular weight excluding hydrogens is 437 g/mol. The Balaban J connectivity index is 1.65. The highest BCUT2D eigenvalue weighted by atomic mass is 19.4. The Morgan fingerprint density at radius 1 is 0.688 bits per heavy atom. The minimum atomic E-state index is -5.12. The number of alkyl halides is 5. The summed E-state index contributed by atoms with van der Waals surface area (Å²) < 4.78 is 98.8. The van der Waals surface area contributed by atoms with Crippen molar-refractivity contribution in [2.75, 3.05) is 0 Å². The molecule has 0 aromatic heterocycles. The lowest BCUT2D eigenvalue weighted by Gasteiger charge is -2.18. The van der Waals surface area contributed by atoms with Gasteiger partial charge in [-0.15, -0.1) is 0 Å². The Labute approximate surface area is 180 Å². The summed E-state index contributed by atoms with van der Waals surface area (Å²) in [6.45, 7) is 1.91. The lowest BCUT2D eigenvalue weighted by Crippen LogP contribution is -2.21. The molecule has 0 bridgehead atoms. The summed E-state index contributed by atoms with van der Waals surface area (Å²) in [7, 11) is 0. The smallest absolute Gasteiger partial charge is 0.426 e. The molecule has 0 aliphatic heterocycles. The summed E-state index contributed by atoms with van der Waals surface area (Å²) in [5.41, 5.74) is -0.607.